The minimum atomic E-state index is 0.0737. The van der Waals surface area contributed by atoms with E-state index in [0.29, 0.717) is 0 Å². The van der Waals surface area contributed by atoms with Crippen LogP contribution < -0.4 is 4.74 Å². The molecule has 118 valence electrons. The number of hydrogen-bond donors (Lipinski definition) is 0. The monoisotopic (exact) mass is 317 g/mol. The van der Waals surface area contributed by atoms with Crippen LogP contribution in [0.5, 0.6) is 5.75 Å². The Hall–Kier alpha value is -1.68. The van der Waals surface area contributed by atoms with Gasteiger partial charge in [0, 0.05) is 12.5 Å². The summed E-state index contributed by atoms with van der Waals surface area (Å²) in [6.07, 6.45) is 4.79. The number of aryl methyl sites for hydroxylation is 1. The molecule has 0 aliphatic carbocycles. The number of thiazole rings is 1. The number of carbonyl (C=O) groups is 1. The zero-order chi connectivity index (χ0) is 15.9. The van der Waals surface area contributed by atoms with E-state index in [2.05, 4.69) is 11.9 Å². The summed E-state index contributed by atoms with van der Waals surface area (Å²) < 4.78 is 5.81. The van der Waals surface area contributed by atoms with Crippen molar-refractivity contribution in [2.75, 3.05) is 6.61 Å². The Morgan fingerprint density at radius 2 is 2.09 bits per heavy atom. The lowest BCUT2D eigenvalue weighted by molar-refractivity contribution is 0.102. The zero-order valence-electron chi connectivity index (χ0n) is 13.5. The molecule has 0 aliphatic heterocycles. The summed E-state index contributed by atoms with van der Waals surface area (Å²) in [6.45, 7) is 6.42. The third kappa shape index (κ3) is 4.41. The minimum absolute atomic E-state index is 0.0737. The molecule has 4 heteroatoms. The molecule has 1 aromatic heterocycles. The first-order valence-corrected chi connectivity index (χ1v) is 8.65. The Labute approximate surface area is 136 Å². The summed E-state index contributed by atoms with van der Waals surface area (Å²) in [5, 5.41) is 0.874. The van der Waals surface area contributed by atoms with Gasteiger partial charge in [0.05, 0.1) is 17.2 Å². The molecule has 0 amide bonds. The van der Waals surface area contributed by atoms with Gasteiger partial charge in [-0.15, -0.1) is 11.3 Å². The van der Waals surface area contributed by atoms with Gasteiger partial charge in [-0.3, -0.25) is 4.79 Å². The number of aromatic nitrogens is 1. The molecule has 0 spiro atoms. The van der Waals surface area contributed by atoms with Crippen molar-refractivity contribution < 1.29 is 9.53 Å². The average Bonchev–Trinajstić information content (AvgIpc) is 2.90. The molecular formula is C18H23NO2S. The van der Waals surface area contributed by atoms with Gasteiger partial charge in [0.1, 0.15) is 10.8 Å². The molecule has 0 saturated heterocycles. The van der Waals surface area contributed by atoms with Crippen molar-refractivity contribution >= 4 is 17.1 Å². The van der Waals surface area contributed by atoms with Crippen LogP contribution >= 0.6 is 11.3 Å². The zero-order valence-corrected chi connectivity index (χ0v) is 14.3. The van der Waals surface area contributed by atoms with E-state index in [0.717, 1.165) is 39.9 Å². The van der Waals surface area contributed by atoms with Crippen LogP contribution in [0.1, 0.15) is 54.9 Å². The fourth-order valence-corrected chi connectivity index (χ4v) is 3.24. The van der Waals surface area contributed by atoms with Crippen molar-refractivity contribution in [3.05, 3.63) is 34.8 Å². The molecule has 0 unspecified atom stereocenters. The lowest BCUT2D eigenvalue weighted by Crippen LogP contribution is -1.97. The Morgan fingerprint density at radius 3 is 2.77 bits per heavy atom. The number of hydrogen-bond acceptors (Lipinski definition) is 4. The molecule has 2 aromatic rings. The van der Waals surface area contributed by atoms with E-state index in [1.807, 2.05) is 31.2 Å². The molecule has 22 heavy (non-hydrogen) atoms. The lowest BCUT2D eigenvalue weighted by atomic mass is 10.2. The molecular weight excluding hydrogens is 294 g/mol. The van der Waals surface area contributed by atoms with Crippen molar-refractivity contribution in [1.29, 1.82) is 0 Å². The maximum Gasteiger partial charge on any atom is 0.171 e. The van der Waals surface area contributed by atoms with Crippen LogP contribution in [0.3, 0.4) is 0 Å². The average molecular weight is 317 g/mol. The molecule has 1 heterocycles. The molecule has 0 saturated carbocycles. The maximum atomic E-state index is 11.6. The van der Waals surface area contributed by atoms with Gasteiger partial charge in [-0.25, -0.2) is 4.98 Å². The van der Waals surface area contributed by atoms with Crippen LogP contribution in [0.25, 0.3) is 10.6 Å². The van der Waals surface area contributed by atoms with Crippen molar-refractivity contribution in [1.82, 2.24) is 4.98 Å². The smallest absolute Gasteiger partial charge is 0.171 e. The molecule has 0 fully saturated rings. The third-order valence-corrected chi connectivity index (χ3v) is 4.77. The van der Waals surface area contributed by atoms with Crippen molar-refractivity contribution in [2.24, 2.45) is 0 Å². The van der Waals surface area contributed by atoms with Gasteiger partial charge >= 0.3 is 0 Å². The van der Waals surface area contributed by atoms with E-state index in [-0.39, 0.29) is 5.78 Å². The van der Waals surface area contributed by atoms with Crippen LogP contribution in [0.15, 0.2) is 24.3 Å². The fourth-order valence-electron chi connectivity index (χ4n) is 2.28. The van der Waals surface area contributed by atoms with Gasteiger partial charge in [0.15, 0.2) is 5.78 Å². The van der Waals surface area contributed by atoms with E-state index in [1.54, 1.807) is 6.92 Å². The standard InChI is InChI=1S/C18H23NO2S/c1-4-5-6-7-11-21-16-10-8-9-15(12-16)18-19-13(2)17(22-18)14(3)20/h8-10,12H,4-7,11H2,1-3H3. The van der Waals surface area contributed by atoms with Gasteiger partial charge in [-0.05, 0) is 25.5 Å². The molecule has 0 radical (unpaired) electrons. The number of rotatable bonds is 8. The number of carbonyl (C=O) groups excluding carboxylic acids is 1. The van der Waals surface area contributed by atoms with Crippen LogP contribution in [-0.2, 0) is 0 Å². The van der Waals surface area contributed by atoms with Crippen LogP contribution in [0, 0.1) is 6.92 Å². The lowest BCUT2D eigenvalue weighted by Gasteiger charge is -2.07. The second-order valence-corrected chi connectivity index (χ2v) is 6.43. The number of nitrogens with zero attached hydrogens (tertiary/aromatic N) is 1. The molecule has 0 aliphatic rings. The first-order valence-electron chi connectivity index (χ1n) is 7.83. The van der Waals surface area contributed by atoms with E-state index in [9.17, 15) is 4.79 Å². The highest BCUT2D eigenvalue weighted by molar-refractivity contribution is 7.17. The Bertz CT molecular complexity index is 634. The second-order valence-electron chi connectivity index (χ2n) is 5.43. The quantitative estimate of drug-likeness (QED) is 0.491. The van der Waals surface area contributed by atoms with Crippen molar-refractivity contribution in [3.63, 3.8) is 0 Å². The number of unbranched alkanes of at least 4 members (excludes halogenated alkanes) is 3. The van der Waals surface area contributed by atoms with Crippen LogP contribution in [-0.4, -0.2) is 17.4 Å². The number of benzene rings is 1. The predicted molar refractivity (Wildman–Crippen MR) is 91.9 cm³/mol. The molecule has 0 atom stereocenters. The SMILES string of the molecule is CCCCCCOc1cccc(-c2nc(C)c(C(C)=O)s2)c1. The Kier molecular flexibility index (Phi) is 6.13. The first kappa shape index (κ1) is 16.7. The summed E-state index contributed by atoms with van der Waals surface area (Å²) in [4.78, 5) is 16.8. The van der Waals surface area contributed by atoms with Crippen molar-refractivity contribution in [3.8, 4) is 16.3 Å². The molecule has 3 nitrogen and oxygen atoms in total. The van der Waals surface area contributed by atoms with Gasteiger partial charge in [-0.1, -0.05) is 38.3 Å². The highest BCUT2D eigenvalue weighted by Crippen LogP contribution is 2.30. The predicted octanol–water partition coefficient (Wildman–Crippen LogP) is 5.28. The van der Waals surface area contributed by atoms with E-state index in [1.165, 1.54) is 30.6 Å². The highest BCUT2D eigenvalue weighted by atomic mass is 32.1. The molecule has 0 bridgehead atoms. The largest absolute Gasteiger partial charge is 0.494 e. The van der Waals surface area contributed by atoms with Crippen LogP contribution in [0.2, 0.25) is 0 Å². The maximum absolute atomic E-state index is 11.6. The Balaban J connectivity index is 2.05. The fraction of sp³-hybridized carbons (Fsp3) is 0.444. The second kappa shape index (κ2) is 8.08. The number of ketones is 1. The van der Waals surface area contributed by atoms with E-state index in [4.69, 9.17) is 4.74 Å². The number of ether oxygens (including phenoxy) is 1. The van der Waals surface area contributed by atoms with Crippen molar-refractivity contribution in [2.45, 2.75) is 46.5 Å². The molecule has 2 rings (SSSR count). The highest BCUT2D eigenvalue weighted by Gasteiger charge is 2.13. The van der Waals surface area contributed by atoms with Crippen LogP contribution in [0.4, 0.5) is 0 Å². The van der Waals surface area contributed by atoms with Gasteiger partial charge in [0.2, 0.25) is 0 Å². The normalized spacial score (nSPS) is 10.7. The summed E-state index contributed by atoms with van der Waals surface area (Å²) >= 11 is 1.45. The number of Topliss-reactive ketones (excluding diaryl/α,β-unsaturated/α-hetero) is 1. The molecule has 0 N–H and O–H groups in total. The summed E-state index contributed by atoms with van der Waals surface area (Å²) in [5.74, 6) is 0.941. The first-order chi connectivity index (χ1) is 10.6. The Morgan fingerprint density at radius 1 is 1.27 bits per heavy atom. The summed E-state index contributed by atoms with van der Waals surface area (Å²) in [5.41, 5.74) is 1.81. The topological polar surface area (TPSA) is 39.2 Å². The van der Waals surface area contributed by atoms with Gasteiger partial charge in [0.25, 0.3) is 0 Å². The van der Waals surface area contributed by atoms with E-state index >= 15 is 0 Å². The minimum Gasteiger partial charge on any atom is -0.494 e. The van der Waals surface area contributed by atoms with Gasteiger partial charge < -0.3 is 4.74 Å². The summed E-state index contributed by atoms with van der Waals surface area (Å²) in [7, 11) is 0. The van der Waals surface area contributed by atoms with E-state index < -0.39 is 0 Å². The summed E-state index contributed by atoms with van der Waals surface area (Å²) in [6, 6.07) is 7.95. The third-order valence-electron chi connectivity index (χ3n) is 3.46. The van der Waals surface area contributed by atoms with Gasteiger partial charge in [-0.2, -0.15) is 0 Å². The molecule has 1 aromatic carbocycles.